The SMILES string of the molecule is Cc1ccc(F)c(-c2nc(C(=O)O)no2)c1F. The molecule has 1 N–H and O–H groups in total. The molecule has 0 saturated carbocycles. The van der Waals surface area contributed by atoms with Crippen molar-refractivity contribution < 1.29 is 23.2 Å². The molecule has 1 aromatic carbocycles. The van der Waals surface area contributed by atoms with Crippen LogP contribution in [0.15, 0.2) is 16.7 Å². The molecular weight excluding hydrogens is 234 g/mol. The van der Waals surface area contributed by atoms with Crippen LogP contribution in [0.4, 0.5) is 8.78 Å². The number of hydrogen-bond acceptors (Lipinski definition) is 4. The van der Waals surface area contributed by atoms with Crippen molar-refractivity contribution in [1.82, 2.24) is 10.1 Å². The minimum atomic E-state index is -1.44. The van der Waals surface area contributed by atoms with E-state index in [1.165, 1.54) is 13.0 Å². The fraction of sp³-hybridized carbons (Fsp3) is 0.100. The van der Waals surface area contributed by atoms with Crippen molar-refractivity contribution in [3.63, 3.8) is 0 Å². The van der Waals surface area contributed by atoms with Crippen LogP contribution in [-0.4, -0.2) is 21.2 Å². The highest BCUT2D eigenvalue weighted by atomic mass is 19.1. The van der Waals surface area contributed by atoms with E-state index in [-0.39, 0.29) is 5.56 Å². The zero-order chi connectivity index (χ0) is 12.6. The van der Waals surface area contributed by atoms with E-state index in [0.29, 0.717) is 0 Å². The monoisotopic (exact) mass is 240 g/mol. The maximum Gasteiger partial charge on any atom is 0.377 e. The molecule has 0 unspecified atom stereocenters. The number of carboxylic acid groups (broad SMARTS) is 1. The molecule has 0 aliphatic rings. The van der Waals surface area contributed by atoms with Crippen molar-refractivity contribution >= 4 is 5.97 Å². The van der Waals surface area contributed by atoms with Crippen molar-refractivity contribution in [1.29, 1.82) is 0 Å². The first kappa shape index (κ1) is 11.2. The van der Waals surface area contributed by atoms with E-state index in [4.69, 9.17) is 5.11 Å². The number of aryl methyl sites for hydroxylation is 1. The summed E-state index contributed by atoms with van der Waals surface area (Å²) in [6, 6.07) is 2.29. The maximum atomic E-state index is 13.6. The minimum Gasteiger partial charge on any atom is -0.475 e. The second-order valence-corrected chi connectivity index (χ2v) is 3.28. The Morgan fingerprint density at radius 3 is 2.71 bits per heavy atom. The van der Waals surface area contributed by atoms with Gasteiger partial charge < -0.3 is 9.63 Å². The lowest BCUT2D eigenvalue weighted by Gasteiger charge is -2.01. The smallest absolute Gasteiger partial charge is 0.377 e. The molecule has 0 amide bonds. The Balaban J connectivity index is 2.60. The van der Waals surface area contributed by atoms with Gasteiger partial charge in [-0.1, -0.05) is 6.07 Å². The van der Waals surface area contributed by atoms with E-state index in [2.05, 4.69) is 14.7 Å². The quantitative estimate of drug-likeness (QED) is 0.868. The third-order valence-corrected chi connectivity index (χ3v) is 2.12. The largest absolute Gasteiger partial charge is 0.475 e. The van der Waals surface area contributed by atoms with E-state index >= 15 is 0 Å². The van der Waals surface area contributed by atoms with Crippen LogP contribution in [0.25, 0.3) is 11.5 Å². The molecule has 2 aromatic rings. The Labute approximate surface area is 93.7 Å². The van der Waals surface area contributed by atoms with Gasteiger partial charge in [0, 0.05) is 0 Å². The van der Waals surface area contributed by atoms with Gasteiger partial charge in [0.15, 0.2) is 0 Å². The number of hydrogen-bond donors (Lipinski definition) is 1. The van der Waals surface area contributed by atoms with Gasteiger partial charge in [0.25, 0.3) is 11.7 Å². The summed E-state index contributed by atoms with van der Waals surface area (Å²) in [5, 5.41) is 11.7. The molecule has 0 radical (unpaired) electrons. The third kappa shape index (κ3) is 1.86. The number of rotatable bonds is 2. The Morgan fingerprint density at radius 1 is 1.41 bits per heavy atom. The lowest BCUT2D eigenvalue weighted by Crippen LogP contribution is -1.99. The molecule has 88 valence electrons. The summed E-state index contributed by atoms with van der Waals surface area (Å²) < 4.78 is 31.6. The average Bonchev–Trinajstić information content (AvgIpc) is 2.73. The van der Waals surface area contributed by atoms with E-state index < -0.39 is 34.9 Å². The van der Waals surface area contributed by atoms with Crippen LogP contribution in [0.2, 0.25) is 0 Å². The van der Waals surface area contributed by atoms with Gasteiger partial charge in [0.05, 0.1) is 0 Å². The zero-order valence-corrected chi connectivity index (χ0v) is 8.57. The standard InChI is InChI=1S/C10H6F2N2O3/c1-4-2-3-5(11)6(7(4)12)9-13-8(10(15)16)14-17-9/h2-3H,1H3,(H,15,16). The van der Waals surface area contributed by atoms with E-state index in [1.54, 1.807) is 0 Å². The molecule has 0 aliphatic heterocycles. The molecule has 0 aliphatic carbocycles. The number of aromatic nitrogens is 2. The van der Waals surface area contributed by atoms with E-state index in [1.807, 2.05) is 0 Å². The normalized spacial score (nSPS) is 10.5. The Morgan fingerprint density at radius 2 is 2.12 bits per heavy atom. The summed E-state index contributed by atoms with van der Waals surface area (Å²) in [5.74, 6) is -4.34. The van der Waals surface area contributed by atoms with E-state index in [0.717, 1.165) is 6.07 Å². The van der Waals surface area contributed by atoms with Crippen LogP contribution < -0.4 is 0 Å². The van der Waals surface area contributed by atoms with Gasteiger partial charge in [-0.2, -0.15) is 4.98 Å². The summed E-state index contributed by atoms with van der Waals surface area (Å²) in [6.45, 7) is 1.44. The predicted molar refractivity (Wildman–Crippen MR) is 51.3 cm³/mol. The third-order valence-electron chi connectivity index (χ3n) is 2.12. The highest BCUT2D eigenvalue weighted by molar-refractivity contribution is 5.83. The van der Waals surface area contributed by atoms with Gasteiger partial charge in [-0.05, 0) is 23.7 Å². The van der Waals surface area contributed by atoms with Gasteiger partial charge in [-0.15, -0.1) is 0 Å². The fourth-order valence-corrected chi connectivity index (χ4v) is 1.26. The Hall–Kier alpha value is -2.31. The van der Waals surface area contributed by atoms with Gasteiger partial charge in [0.1, 0.15) is 17.2 Å². The van der Waals surface area contributed by atoms with Crippen LogP contribution in [0.3, 0.4) is 0 Å². The number of nitrogens with zero attached hydrogens (tertiary/aromatic N) is 2. The summed E-state index contributed by atoms with van der Waals surface area (Å²) in [7, 11) is 0. The molecule has 0 fully saturated rings. The van der Waals surface area contributed by atoms with Gasteiger partial charge in [-0.3, -0.25) is 0 Å². The lowest BCUT2D eigenvalue weighted by molar-refractivity contribution is 0.0680. The number of carbonyl (C=O) groups is 1. The highest BCUT2D eigenvalue weighted by Gasteiger charge is 2.21. The molecule has 7 heteroatoms. The second kappa shape index (κ2) is 3.93. The molecule has 17 heavy (non-hydrogen) atoms. The first-order chi connectivity index (χ1) is 8.00. The van der Waals surface area contributed by atoms with Crippen molar-refractivity contribution in [3.8, 4) is 11.5 Å². The van der Waals surface area contributed by atoms with Crippen LogP contribution in [0.1, 0.15) is 16.2 Å². The van der Waals surface area contributed by atoms with Crippen molar-refractivity contribution in [2.45, 2.75) is 6.92 Å². The first-order valence-electron chi connectivity index (χ1n) is 4.52. The molecule has 0 atom stereocenters. The van der Waals surface area contributed by atoms with Crippen molar-refractivity contribution in [3.05, 3.63) is 35.2 Å². The predicted octanol–water partition coefficient (Wildman–Crippen LogP) is 2.02. The van der Waals surface area contributed by atoms with E-state index in [9.17, 15) is 13.6 Å². The van der Waals surface area contributed by atoms with Crippen LogP contribution in [0, 0.1) is 18.6 Å². The molecular formula is C10H6F2N2O3. The molecule has 1 heterocycles. The minimum absolute atomic E-state index is 0.191. The first-order valence-corrected chi connectivity index (χ1v) is 4.52. The van der Waals surface area contributed by atoms with Crippen LogP contribution in [0.5, 0.6) is 0 Å². The number of carboxylic acids is 1. The number of aromatic carboxylic acids is 1. The summed E-state index contributed by atoms with van der Waals surface area (Å²) in [4.78, 5) is 13.9. The van der Waals surface area contributed by atoms with Crippen LogP contribution in [-0.2, 0) is 0 Å². The number of halogens is 2. The van der Waals surface area contributed by atoms with Gasteiger partial charge in [-0.25, -0.2) is 13.6 Å². The van der Waals surface area contributed by atoms with Crippen molar-refractivity contribution in [2.24, 2.45) is 0 Å². The summed E-state index contributed by atoms with van der Waals surface area (Å²) in [6.07, 6.45) is 0. The van der Waals surface area contributed by atoms with Gasteiger partial charge in [0.2, 0.25) is 0 Å². The lowest BCUT2D eigenvalue weighted by atomic mass is 10.1. The Kier molecular flexibility index (Phi) is 2.58. The fourth-order valence-electron chi connectivity index (χ4n) is 1.26. The van der Waals surface area contributed by atoms with Crippen LogP contribution >= 0.6 is 0 Å². The molecule has 2 rings (SSSR count). The molecule has 0 spiro atoms. The summed E-state index contributed by atoms with van der Waals surface area (Å²) in [5.41, 5.74) is -0.332. The number of benzene rings is 1. The maximum absolute atomic E-state index is 13.6. The molecule has 1 aromatic heterocycles. The summed E-state index contributed by atoms with van der Waals surface area (Å²) >= 11 is 0. The van der Waals surface area contributed by atoms with Crippen molar-refractivity contribution in [2.75, 3.05) is 0 Å². The molecule has 0 bridgehead atoms. The second-order valence-electron chi connectivity index (χ2n) is 3.28. The average molecular weight is 240 g/mol. The topological polar surface area (TPSA) is 76.2 Å². The molecule has 5 nitrogen and oxygen atoms in total. The zero-order valence-electron chi connectivity index (χ0n) is 8.57. The highest BCUT2D eigenvalue weighted by Crippen LogP contribution is 2.26. The molecule has 0 saturated heterocycles. The Bertz CT molecular complexity index is 595. The van der Waals surface area contributed by atoms with Gasteiger partial charge >= 0.3 is 5.97 Å².